The largest absolute Gasteiger partial charge is 0.378 e. The summed E-state index contributed by atoms with van der Waals surface area (Å²) >= 11 is 0. The van der Waals surface area contributed by atoms with Crippen molar-refractivity contribution in [1.82, 2.24) is 0 Å². The van der Waals surface area contributed by atoms with Gasteiger partial charge in [0, 0.05) is 12.0 Å². The zero-order chi connectivity index (χ0) is 11.2. The molecule has 16 heavy (non-hydrogen) atoms. The average molecular weight is 218 g/mol. The first-order valence-corrected chi connectivity index (χ1v) is 6.06. The highest BCUT2D eigenvalue weighted by Crippen LogP contribution is 2.21. The van der Waals surface area contributed by atoms with E-state index >= 15 is 0 Å². The van der Waals surface area contributed by atoms with Gasteiger partial charge < -0.3 is 4.74 Å². The lowest BCUT2D eigenvalue weighted by molar-refractivity contribution is 0.0531. The molecule has 0 spiro atoms. The van der Waals surface area contributed by atoms with Crippen LogP contribution >= 0.6 is 0 Å². The predicted octanol–water partition coefficient (Wildman–Crippen LogP) is 3.22. The Balaban J connectivity index is 1.71. The van der Waals surface area contributed by atoms with Crippen LogP contribution in [0.5, 0.6) is 0 Å². The van der Waals surface area contributed by atoms with Crippen LogP contribution in [0.15, 0.2) is 30.3 Å². The molecule has 2 rings (SSSR count). The monoisotopic (exact) mass is 218 g/mol. The van der Waals surface area contributed by atoms with Crippen LogP contribution in [0.2, 0.25) is 0 Å². The van der Waals surface area contributed by atoms with Crippen LogP contribution in [0.4, 0.5) is 0 Å². The standard InChI is InChI=1S/C14H18O2/c15-14(12-6-2-1-3-7-12)10-11-16-13-8-4-5-9-13/h1-3,6-7,13H,4-5,8-11H2. The normalized spacial score (nSPS) is 16.5. The SMILES string of the molecule is O=C(CCOC1CCCC1)c1ccccc1. The zero-order valence-electron chi connectivity index (χ0n) is 9.52. The maximum atomic E-state index is 11.7. The van der Waals surface area contributed by atoms with Gasteiger partial charge in [-0.25, -0.2) is 0 Å². The number of ether oxygens (including phenoxy) is 1. The molecule has 0 unspecified atom stereocenters. The lowest BCUT2D eigenvalue weighted by atomic mass is 10.1. The van der Waals surface area contributed by atoms with Gasteiger partial charge in [0.25, 0.3) is 0 Å². The van der Waals surface area contributed by atoms with Crippen molar-refractivity contribution < 1.29 is 9.53 Å². The second-order valence-electron chi connectivity index (χ2n) is 4.32. The Morgan fingerprint density at radius 3 is 2.56 bits per heavy atom. The molecular weight excluding hydrogens is 200 g/mol. The first-order valence-electron chi connectivity index (χ1n) is 6.06. The van der Waals surface area contributed by atoms with E-state index in [0.717, 1.165) is 5.56 Å². The molecule has 0 aliphatic heterocycles. The number of benzene rings is 1. The van der Waals surface area contributed by atoms with E-state index in [1.165, 1.54) is 25.7 Å². The average Bonchev–Trinajstić information content (AvgIpc) is 2.83. The third-order valence-corrected chi connectivity index (χ3v) is 3.08. The van der Waals surface area contributed by atoms with E-state index in [-0.39, 0.29) is 5.78 Å². The number of ketones is 1. The van der Waals surface area contributed by atoms with E-state index in [0.29, 0.717) is 19.1 Å². The van der Waals surface area contributed by atoms with Crippen LogP contribution in [0, 0.1) is 0 Å². The first-order chi connectivity index (χ1) is 7.86. The van der Waals surface area contributed by atoms with Crippen molar-refractivity contribution in [1.29, 1.82) is 0 Å². The summed E-state index contributed by atoms with van der Waals surface area (Å²) in [5.41, 5.74) is 0.789. The predicted molar refractivity (Wildman–Crippen MR) is 63.6 cm³/mol. The molecule has 0 amide bonds. The number of carbonyl (C=O) groups excluding carboxylic acids is 1. The van der Waals surface area contributed by atoms with Gasteiger partial charge in [0.2, 0.25) is 0 Å². The Kier molecular flexibility index (Phi) is 4.11. The first kappa shape index (κ1) is 11.3. The van der Waals surface area contributed by atoms with E-state index in [1.807, 2.05) is 30.3 Å². The molecule has 1 aromatic rings. The smallest absolute Gasteiger partial charge is 0.165 e. The Bertz CT molecular complexity index is 326. The lowest BCUT2D eigenvalue weighted by Gasteiger charge is -2.10. The highest BCUT2D eigenvalue weighted by atomic mass is 16.5. The summed E-state index contributed by atoms with van der Waals surface area (Å²) in [4.78, 5) is 11.7. The van der Waals surface area contributed by atoms with Crippen LogP contribution in [-0.2, 0) is 4.74 Å². The van der Waals surface area contributed by atoms with Crippen LogP contribution < -0.4 is 0 Å². The molecule has 1 fully saturated rings. The third-order valence-electron chi connectivity index (χ3n) is 3.08. The van der Waals surface area contributed by atoms with E-state index in [4.69, 9.17) is 4.74 Å². The van der Waals surface area contributed by atoms with Crippen LogP contribution in [0.3, 0.4) is 0 Å². The van der Waals surface area contributed by atoms with Gasteiger partial charge in [-0.15, -0.1) is 0 Å². The van der Waals surface area contributed by atoms with Gasteiger partial charge in [-0.05, 0) is 12.8 Å². The van der Waals surface area contributed by atoms with Gasteiger partial charge in [0.1, 0.15) is 0 Å². The van der Waals surface area contributed by atoms with Crippen molar-refractivity contribution in [3.05, 3.63) is 35.9 Å². The molecule has 0 radical (unpaired) electrons. The quantitative estimate of drug-likeness (QED) is 0.709. The molecule has 86 valence electrons. The van der Waals surface area contributed by atoms with E-state index < -0.39 is 0 Å². The van der Waals surface area contributed by atoms with Crippen molar-refractivity contribution in [2.45, 2.75) is 38.2 Å². The lowest BCUT2D eigenvalue weighted by Crippen LogP contribution is -2.11. The number of hydrogen-bond acceptors (Lipinski definition) is 2. The number of carbonyl (C=O) groups is 1. The second kappa shape index (κ2) is 5.80. The van der Waals surface area contributed by atoms with Gasteiger partial charge in [0.05, 0.1) is 12.7 Å². The van der Waals surface area contributed by atoms with Crippen LogP contribution in [0.25, 0.3) is 0 Å². The highest BCUT2D eigenvalue weighted by molar-refractivity contribution is 5.96. The van der Waals surface area contributed by atoms with Crippen molar-refractivity contribution in [3.63, 3.8) is 0 Å². The molecule has 1 aliphatic rings. The van der Waals surface area contributed by atoms with E-state index in [9.17, 15) is 4.79 Å². The van der Waals surface area contributed by atoms with Gasteiger partial charge in [0.15, 0.2) is 5.78 Å². The molecule has 0 bridgehead atoms. The molecule has 0 N–H and O–H groups in total. The molecule has 1 aliphatic carbocycles. The van der Waals surface area contributed by atoms with Gasteiger partial charge in [-0.1, -0.05) is 43.2 Å². The summed E-state index contributed by atoms with van der Waals surface area (Å²) in [6, 6.07) is 9.43. The van der Waals surface area contributed by atoms with Crippen LogP contribution in [0.1, 0.15) is 42.5 Å². The molecule has 1 aromatic carbocycles. The topological polar surface area (TPSA) is 26.3 Å². The minimum Gasteiger partial charge on any atom is -0.378 e. The molecule has 0 saturated heterocycles. The maximum absolute atomic E-state index is 11.7. The van der Waals surface area contributed by atoms with Crippen molar-refractivity contribution in [3.8, 4) is 0 Å². The molecule has 2 nitrogen and oxygen atoms in total. The fourth-order valence-electron chi connectivity index (χ4n) is 2.14. The summed E-state index contributed by atoms with van der Waals surface area (Å²) in [6.45, 7) is 0.568. The van der Waals surface area contributed by atoms with Crippen LogP contribution in [-0.4, -0.2) is 18.5 Å². The van der Waals surface area contributed by atoms with Gasteiger partial charge in [-0.3, -0.25) is 4.79 Å². The summed E-state index contributed by atoms with van der Waals surface area (Å²) in [6.07, 6.45) is 5.79. The Labute approximate surface area is 96.6 Å². The third kappa shape index (κ3) is 3.17. The Hall–Kier alpha value is -1.15. The minimum absolute atomic E-state index is 0.179. The van der Waals surface area contributed by atoms with E-state index in [2.05, 4.69) is 0 Å². The summed E-state index contributed by atoms with van der Waals surface area (Å²) < 4.78 is 5.67. The zero-order valence-corrected chi connectivity index (χ0v) is 9.52. The molecule has 0 aromatic heterocycles. The maximum Gasteiger partial charge on any atom is 0.165 e. The number of hydrogen-bond donors (Lipinski definition) is 0. The summed E-state index contributed by atoms with van der Waals surface area (Å²) in [7, 11) is 0. The highest BCUT2D eigenvalue weighted by Gasteiger charge is 2.15. The molecule has 1 saturated carbocycles. The minimum atomic E-state index is 0.179. The molecule has 2 heteroatoms. The summed E-state index contributed by atoms with van der Waals surface area (Å²) in [5, 5.41) is 0. The van der Waals surface area contributed by atoms with Gasteiger partial charge in [-0.2, -0.15) is 0 Å². The Morgan fingerprint density at radius 2 is 1.88 bits per heavy atom. The fraction of sp³-hybridized carbons (Fsp3) is 0.500. The van der Waals surface area contributed by atoms with Crippen molar-refractivity contribution >= 4 is 5.78 Å². The molecular formula is C14H18O2. The number of rotatable bonds is 5. The van der Waals surface area contributed by atoms with Crippen molar-refractivity contribution in [2.75, 3.05) is 6.61 Å². The number of Topliss-reactive ketones (excluding diaryl/α,β-unsaturated/α-hetero) is 1. The molecule has 0 heterocycles. The Morgan fingerprint density at radius 1 is 1.19 bits per heavy atom. The van der Waals surface area contributed by atoms with Crippen molar-refractivity contribution in [2.24, 2.45) is 0 Å². The summed E-state index contributed by atoms with van der Waals surface area (Å²) in [5.74, 6) is 0.179. The van der Waals surface area contributed by atoms with Gasteiger partial charge >= 0.3 is 0 Å². The van der Waals surface area contributed by atoms with E-state index in [1.54, 1.807) is 0 Å². The fourth-order valence-corrected chi connectivity index (χ4v) is 2.14. The second-order valence-corrected chi connectivity index (χ2v) is 4.32. The molecule has 0 atom stereocenters.